The van der Waals surface area contributed by atoms with Gasteiger partial charge in [-0.3, -0.25) is 10.1 Å². The summed E-state index contributed by atoms with van der Waals surface area (Å²) in [5.74, 6) is -0.834. The fourth-order valence-corrected chi connectivity index (χ4v) is 2.11. The summed E-state index contributed by atoms with van der Waals surface area (Å²) in [6, 6.07) is 8.75. The molecule has 1 aromatic carbocycles. The van der Waals surface area contributed by atoms with Crippen LogP contribution in [0.4, 0.5) is 0 Å². The van der Waals surface area contributed by atoms with E-state index in [1.54, 1.807) is 37.3 Å². The van der Waals surface area contributed by atoms with E-state index < -0.39 is 15.8 Å². The summed E-state index contributed by atoms with van der Waals surface area (Å²) in [7, 11) is 0. The number of nitrogens with zero attached hydrogens (tertiary/aromatic N) is 1. The summed E-state index contributed by atoms with van der Waals surface area (Å²) in [6.07, 6.45) is 0. The second-order valence-electron chi connectivity index (χ2n) is 3.38. The van der Waals surface area contributed by atoms with Crippen molar-refractivity contribution in [3.63, 3.8) is 0 Å². The number of rotatable bonds is 5. The van der Waals surface area contributed by atoms with Gasteiger partial charge in [0, 0.05) is 16.7 Å². The van der Waals surface area contributed by atoms with Crippen molar-refractivity contribution >= 4 is 17.7 Å². The Bertz CT molecular complexity index is 409. The molecule has 0 heterocycles. The second kappa shape index (κ2) is 5.67. The number of nitro groups is 1. The number of hydrogen-bond donors (Lipinski definition) is 0. The van der Waals surface area contributed by atoms with Gasteiger partial charge in [-0.25, -0.2) is 4.79 Å². The fourth-order valence-electron chi connectivity index (χ4n) is 1.14. The molecule has 17 heavy (non-hydrogen) atoms. The minimum absolute atomic E-state index is 0.123. The molecule has 5 nitrogen and oxygen atoms in total. The quantitative estimate of drug-likeness (QED) is 0.265. The Hall–Kier alpha value is -1.56. The lowest BCUT2D eigenvalue weighted by molar-refractivity contribution is -0.520. The maximum Gasteiger partial charge on any atom is 0.396 e. The molecule has 92 valence electrons. The van der Waals surface area contributed by atoms with Crippen molar-refractivity contribution in [1.29, 1.82) is 0 Å². The lowest BCUT2D eigenvalue weighted by atomic mass is 10.3. The molecule has 6 heteroatoms. The lowest BCUT2D eigenvalue weighted by Crippen LogP contribution is -2.41. The van der Waals surface area contributed by atoms with E-state index in [0.29, 0.717) is 4.90 Å². The SMILES string of the molecule is CCOC(=O)C(C)(Sc1ccccc1)[N+](=O)[O-]. The molecule has 0 N–H and O–H groups in total. The van der Waals surface area contributed by atoms with E-state index >= 15 is 0 Å². The smallest absolute Gasteiger partial charge is 0.396 e. The van der Waals surface area contributed by atoms with E-state index in [9.17, 15) is 14.9 Å². The molecule has 0 aliphatic carbocycles. The molecule has 1 aromatic rings. The molecule has 0 bridgehead atoms. The minimum Gasteiger partial charge on any atom is -0.460 e. The van der Waals surface area contributed by atoms with Crippen molar-refractivity contribution in [3.05, 3.63) is 40.4 Å². The van der Waals surface area contributed by atoms with Crippen LogP contribution in [0.15, 0.2) is 35.2 Å². The van der Waals surface area contributed by atoms with Crippen LogP contribution < -0.4 is 0 Å². The molecule has 0 radical (unpaired) electrons. The van der Waals surface area contributed by atoms with Crippen molar-refractivity contribution < 1.29 is 14.5 Å². The zero-order chi connectivity index (χ0) is 12.9. The van der Waals surface area contributed by atoms with Crippen LogP contribution >= 0.6 is 11.8 Å². The Morgan fingerprint density at radius 2 is 2.06 bits per heavy atom. The highest BCUT2D eigenvalue weighted by Crippen LogP contribution is 2.34. The van der Waals surface area contributed by atoms with Crippen LogP contribution in [0.1, 0.15) is 13.8 Å². The van der Waals surface area contributed by atoms with E-state index in [0.717, 1.165) is 11.8 Å². The summed E-state index contributed by atoms with van der Waals surface area (Å²) >= 11 is 0.874. The van der Waals surface area contributed by atoms with Gasteiger partial charge in [0.2, 0.25) is 0 Å². The van der Waals surface area contributed by atoms with Gasteiger partial charge >= 0.3 is 10.8 Å². The molecule has 0 spiro atoms. The zero-order valence-electron chi connectivity index (χ0n) is 9.58. The minimum atomic E-state index is -1.81. The maximum atomic E-state index is 11.6. The van der Waals surface area contributed by atoms with E-state index in [1.165, 1.54) is 6.92 Å². The predicted octanol–water partition coefficient (Wildman–Crippen LogP) is 2.33. The van der Waals surface area contributed by atoms with Gasteiger partial charge in [-0.2, -0.15) is 0 Å². The van der Waals surface area contributed by atoms with Crippen molar-refractivity contribution in [2.75, 3.05) is 6.61 Å². The number of benzene rings is 1. The highest BCUT2D eigenvalue weighted by atomic mass is 32.2. The van der Waals surface area contributed by atoms with Gasteiger partial charge in [-0.15, -0.1) is 0 Å². The zero-order valence-corrected chi connectivity index (χ0v) is 10.4. The van der Waals surface area contributed by atoms with Crippen LogP contribution in [0.3, 0.4) is 0 Å². The summed E-state index contributed by atoms with van der Waals surface area (Å²) in [4.78, 5) is 20.9. The molecule has 1 atom stereocenters. The monoisotopic (exact) mass is 255 g/mol. The van der Waals surface area contributed by atoms with Crippen molar-refractivity contribution in [2.24, 2.45) is 0 Å². The predicted molar refractivity (Wildman–Crippen MR) is 64.3 cm³/mol. The first-order valence-corrected chi connectivity index (χ1v) is 5.88. The van der Waals surface area contributed by atoms with Crippen molar-refractivity contribution in [3.8, 4) is 0 Å². The van der Waals surface area contributed by atoms with Gasteiger partial charge in [-0.05, 0) is 30.8 Å². The number of carbonyl (C=O) groups is 1. The first kappa shape index (κ1) is 13.5. The van der Waals surface area contributed by atoms with Crippen LogP contribution in [0.2, 0.25) is 0 Å². The molecule has 0 amide bonds. The number of thioether (sulfide) groups is 1. The van der Waals surface area contributed by atoms with Gasteiger partial charge < -0.3 is 4.74 Å². The van der Waals surface area contributed by atoms with Crippen molar-refractivity contribution in [2.45, 2.75) is 23.6 Å². The molecule has 1 rings (SSSR count). The first-order valence-electron chi connectivity index (χ1n) is 5.06. The van der Waals surface area contributed by atoms with E-state index in [4.69, 9.17) is 4.74 Å². The third kappa shape index (κ3) is 3.20. The van der Waals surface area contributed by atoms with Crippen molar-refractivity contribution in [1.82, 2.24) is 0 Å². The number of hydrogen-bond acceptors (Lipinski definition) is 5. The van der Waals surface area contributed by atoms with Gasteiger partial charge in [0.05, 0.1) is 6.61 Å². The largest absolute Gasteiger partial charge is 0.460 e. The van der Waals surface area contributed by atoms with Gasteiger partial charge in [0.15, 0.2) is 0 Å². The average Bonchev–Trinajstić information content (AvgIpc) is 2.30. The molecule has 0 aromatic heterocycles. The average molecular weight is 255 g/mol. The normalized spacial score (nSPS) is 13.8. The van der Waals surface area contributed by atoms with E-state index in [2.05, 4.69) is 0 Å². The highest BCUT2D eigenvalue weighted by molar-refractivity contribution is 8.01. The fraction of sp³-hybridized carbons (Fsp3) is 0.364. The molecular weight excluding hydrogens is 242 g/mol. The third-order valence-electron chi connectivity index (χ3n) is 2.06. The Labute approximate surface area is 103 Å². The molecule has 0 fully saturated rings. The third-order valence-corrected chi connectivity index (χ3v) is 3.28. The van der Waals surface area contributed by atoms with Crippen LogP contribution in [-0.2, 0) is 9.53 Å². The Morgan fingerprint density at radius 1 is 1.47 bits per heavy atom. The van der Waals surface area contributed by atoms with Crippen LogP contribution in [-0.4, -0.2) is 22.4 Å². The van der Waals surface area contributed by atoms with Crippen LogP contribution in [0.5, 0.6) is 0 Å². The first-order chi connectivity index (χ1) is 8.00. The van der Waals surface area contributed by atoms with Gasteiger partial charge in [-0.1, -0.05) is 18.2 Å². The summed E-state index contributed by atoms with van der Waals surface area (Å²) in [5.41, 5.74) is 0. The molecule has 1 unspecified atom stereocenters. The number of esters is 1. The Morgan fingerprint density at radius 3 is 2.53 bits per heavy atom. The standard InChI is InChI=1S/C11H13NO4S/c1-3-16-10(13)11(2,12(14)15)17-9-7-5-4-6-8-9/h4-8H,3H2,1-2H3. The molecular formula is C11H13NO4S. The summed E-state index contributed by atoms with van der Waals surface area (Å²) in [6.45, 7) is 2.99. The lowest BCUT2D eigenvalue weighted by Gasteiger charge is -2.17. The Kier molecular flexibility index (Phi) is 4.51. The van der Waals surface area contributed by atoms with Crippen LogP contribution in [0.25, 0.3) is 0 Å². The molecule has 0 aliphatic rings. The topological polar surface area (TPSA) is 69.4 Å². The molecule has 0 aliphatic heterocycles. The number of ether oxygens (including phenoxy) is 1. The Balaban J connectivity index is 2.93. The summed E-state index contributed by atoms with van der Waals surface area (Å²) < 4.78 is 4.74. The molecule has 0 saturated carbocycles. The molecule has 0 saturated heterocycles. The van der Waals surface area contributed by atoms with Crippen LogP contribution in [0, 0.1) is 10.1 Å². The highest BCUT2D eigenvalue weighted by Gasteiger charge is 2.49. The maximum absolute atomic E-state index is 11.6. The van der Waals surface area contributed by atoms with E-state index in [-0.39, 0.29) is 6.61 Å². The van der Waals surface area contributed by atoms with Gasteiger partial charge in [0.25, 0.3) is 0 Å². The number of carbonyl (C=O) groups excluding carboxylic acids is 1. The summed E-state index contributed by atoms with van der Waals surface area (Å²) in [5, 5.41) is 11.0. The van der Waals surface area contributed by atoms with E-state index in [1.807, 2.05) is 0 Å². The second-order valence-corrected chi connectivity index (χ2v) is 4.85. The van der Waals surface area contributed by atoms with Gasteiger partial charge in [0.1, 0.15) is 0 Å².